The predicted molar refractivity (Wildman–Crippen MR) is 114 cm³/mol. The molecule has 154 valence electrons. The number of halogens is 2. The highest BCUT2D eigenvalue weighted by Gasteiger charge is 2.22. The smallest absolute Gasteiger partial charge is 0.138 e. The van der Waals surface area contributed by atoms with E-state index < -0.39 is 0 Å². The van der Waals surface area contributed by atoms with Crippen molar-refractivity contribution in [1.29, 1.82) is 0 Å². The Labute approximate surface area is 176 Å². The molecule has 0 N–H and O–H groups in total. The molecule has 1 aliphatic rings. The average molecular weight is 418 g/mol. The number of hydrogen-bond acceptors (Lipinski definition) is 5. The standard InChI is InChI=1S/C22H24FN3O2.ClH/c1-16-21(22(24-28-16)17-5-3-6-18(23)13-17)15-25-9-11-26(12-10-25)19-7-4-8-20(14-19)27-2;/h3-8,13-14H,9-12,15H2,1-2H3;1H. The molecule has 1 saturated heterocycles. The van der Waals surface area contributed by atoms with E-state index in [9.17, 15) is 4.39 Å². The van der Waals surface area contributed by atoms with Gasteiger partial charge in [0.15, 0.2) is 0 Å². The predicted octanol–water partition coefficient (Wildman–Crippen LogP) is 4.54. The summed E-state index contributed by atoms with van der Waals surface area (Å²) in [6.45, 7) is 6.40. The Morgan fingerprint density at radius 3 is 2.55 bits per heavy atom. The van der Waals surface area contributed by atoms with E-state index in [4.69, 9.17) is 9.26 Å². The Kier molecular flexibility index (Phi) is 6.77. The van der Waals surface area contributed by atoms with Crippen molar-refractivity contribution in [2.24, 2.45) is 0 Å². The lowest BCUT2D eigenvalue weighted by Gasteiger charge is -2.36. The summed E-state index contributed by atoms with van der Waals surface area (Å²) in [4.78, 5) is 4.76. The molecule has 29 heavy (non-hydrogen) atoms. The van der Waals surface area contributed by atoms with Gasteiger partial charge in [-0.3, -0.25) is 4.90 Å². The molecule has 1 aromatic heterocycles. The number of piperazine rings is 1. The topological polar surface area (TPSA) is 41.7 Å². The minimum absolute atomic E-state index is 0. The van der Waals surface area contributed by atoms with Gasteiger partial charge in [-0.2, -0.15) is 0 Å². The molecule has 1 fully saturated rings. The van der Waals surface area contributed by atoms with Crippen molar-refractivity contribution in [2.45, 2.75) is 13.5 Å². The molecule has 0 spiro atoms. The first-order valence-corrected chi connectivity index (χ1v) is 9.46. The van der Waals surface area contributed by atoms with Crippen LogP contribution in [-0.2, 0) is 6.54 Å². The third-order valence-electron chi connectivity index (χ3n) is 5.26. The first-order chi connectivity index (χ1) is 13.6. The number of benzene rings is 2. The molecule has 7 heteroatoms. The van der Waals surface area contributed by atoms with Gasteiger partial charge in [-0.05, 0) is 31.2 Å². The molecule has 0 bridgehead atoms. The van der Waals surface area contributed by atoms with Gasteiger partial charge in [0.25, 0.3) is 0 Å². The molecule has 0 amide bonds. The summed E-state index contributed by atoms with van der Waals surface area (Å²) in [6, 6.07) is 14.7. The third-order valence-corrected chi connectivity index (χ3v) is 5.26. The second-order valence-electron chi connectivity index (χ2n) is 7.04. The fourth-order valence-corrected chi connectivity index (χ4v) is 3.63. The van der Waals surface area contributed by atoms with Gasteiger partial charge < -0.3 is 14.2 Å². The fraction of sp³-hybridized carbons (Fsp3) is 0.318. The van der Waals surface area contributed by atoms with Crippen LogP contribution in [0.4, 0.5) is 10.1 Å². The lowest BCUT2D eigenvalue weighted by Crippen LogP contribution is -2.46. The molecule has 4 rings (SSSR count). The summed E-state index contributed by atoms with van der Waals surface area (Å²) < 4.78 is 24.4. The number of nitrogens with zero attached hydrogens (tertiary/aromatic N) is 3. The Morgan fingerprint density at radius 2 is 1.83 bits per heavy atom. The molecule has 0 saturated carbocycles. The Hall–Kier alpha value is -2.57. The molecule has 5 nitrogen and oxygen atoms in total. The quantitative estimate of drug-likeness (QED) is 0.609. The molecule has 0 atom stereocenters. The van der Waals surface area contributed by atoms with Crippen molar-refractivity contribution in [3.63, 3.8) is 0 Å². The number of aryl methyl sites for hydroxylation is 1. The van der Waals surface area contributed by atoms with Gasteiger partial charge in [0, 0.05) is 55.6 Å². The van der Waals surface area contributed by atoms with Crippen LogP contribution in [0.1, 0.15) is 11.3 Å². The molecule has 2 heterocycles. The third kappa shape index (κ3) is 4.71. The van der Waals surface area contributed by atoms with Gasteiger partial charge in [0.2, 0.25) is 0 Å². The van der Waals surface area contributed by atoms with E-state index in [1.54, 1.807) is 13.2 Å². The lowest BCUT2D eigenvalue weighted by molar-refractivity contribution is 0.248. The number of ether oxygens (including phenoxy) is 1. The minimum Gasteiger partial charge on any atom is -0.497 e. The highest BCUT2D eigenvalue weighted by atomic mass is 35.5. The molecule has 0 radical (unpaired) electrons. The van der Waals surface area contributed by atoms with Crippen molar-refractivity contribution in [3.8, 4) is 17.0 Å². The first kappa shape index (κ1) is 21.1. The Balaban J connectivity index is 0.00000240. The molecular weight excluding hydrogens is 393 g/mol. The van der Waals surface area contributed by atoms with Crippen LogP contribution in [0.15, 0.2) is 53.1 Å². The lowest BCUT2D eigenvalue weighted by atomic mass is 10.1. The number of methoxy groups -OCH3 is 1. The largest absolute Gasteiger partial charge is 0.497 e. The maximum atomic E-state index is 13.6. The van der Waals surface area contributed by atoms with Crippen LogP contribution in [0.25, 0.3) is 11.3 Å². The summed E-state index contributed by atoms with van der Waals surface area (Å²) in [5.41, 5.74) is 3.69. The van der Waals surface area contributed by atoms with E-state index in [1.165, 1.54) is 17.8 Å². The van der Waals surface area contributed by atoms with Crippen LogP contribution >= 0.6 is 12.4 Å². The first-order valence-electron chi connectivity index (χ1n) is 9.46. The maximum absolute atomic E-state index is 13.6. The van der Waals surface area contributed by atoms with E-state index in [-0.39, 0.29) is 18.2 Å². The summed E-state index contributed by atoms with van der Waals surface area (Å²) in [5.74, 6) is 1.39. The van der Waals surface area contributed by atoms with Crippen molar-refractivity contribution < 1.29 is 13.7 Å². The molecule has 0 aliphatic carbocycles. The molecule has 3 aromatic rings. The SMILES string of the molecule is COc1cccc(N2CCN(Cc3c(-c4cccc(F)c4)noc3C)CC2)c1.Cl. The maximum Gasteiger partial charge on any atom is 0.138 e. The van der Waals surface area contributed by atoms with Crippen LogP contribution in [-0.4, -0.2) is 43.3 Å². The highest BCUT2D eigenvalue weighted by Crippen LogP contribution is 2.28. The van der Waals surface area contributed by atoms with Crippen molar-refractivity contribution >= 4 is 18.1 Å². The van der Waals surface area contributed by atoms with Crippen LogP contribution in [0.3, 0.4) is 0 Å². The van der Waals surface area contributed by atoms with Gasteiger partial charge >= 0.3 is 0 Å². The van der Waals surface area contributed by atoms with E-state index in [0.717, 1.165) is 61.1 Å². The van der Waals surface area contributed by atoms with Gasteiger partial charge in [-0.25, -0.2) is 4.39 Å². The monoisotopic (exact) mass is 417 g/mol. The minimum atomic E-state index is -0.268. The number of anilines is 1. The highest BCUT2D eigenvalue weighted by molar-refractivity contribution is 5.85. The van der Waals surface area contributed by atoms with Gasteiger partial charge in [-0.1, -0.05) is 23.4 Å². The Morgan fingerprint density at radius 1 is 1.07 bits per heavy atom. The zero-order valence-electron chi connectivity index (χ0n) is 16.6. The fourth-order valence-electron chi connectivity index (χ4n) is 3.63. The van der Waals surface area contributed by atoms with E-state index in [1.807, 2.05) is 25.1 Å². The van der Waals surface area contributed by atoms with E-state index in [2.05, 4.69) is 27.1 Å². The number of rotatable bonds is 5. The summed E-state index contributed by atoms with van der Waals surface area (Å²) in [7, 11) is 1.69. The molecule has 2 aromatic carbocycles. The van der Waals surface area contributed by atoms with Crippen LogP contribution in [0, 0.1) is 12.7 Å². The zero-order valence-corrected chi connectivity index (χ0v) is 17.4. The average Bonchev–Trinajstić information content (AvgIpc) is 3.09. The molecule has 1 aliphatic heterocycles. The van der Waals surface area contributed by atoms with Crippen molar-refractivity contribution in [2.75, 3.05) is 38.2 Å². The van der Waals surface area contributed by atoms with Gasteiger partial charge in [0.05, 0.1) is 7.11 Å². The molecular formula is C22H25ClFN3O2. The summed E-state index contributed by atoms with van der Waals surface area (Å²) in [6.07, 6.45) is 0. The van der Waals surface area contributed by atoms with Crippen molar-refractivity contribution in [3.05, 3.63) is 65.7 Å². The number of aromatic nitrogens is 1. The van der Waals surface area contributed by atoms with Crippen LogP contribution in [0.5, 0.6) is 5.75 Å². The van der Waals surface area contributed by atoms with E-state index >= 15 is 0 Å². The van der Waals surface area contributed by atoms with Crippen molar-refractivity contribution in [1.82, 2.24) is 10.1 Å². The number of hydrogen-bond donors (Lipinski definition) is 0. The van der Waals surface area contributed by atoms with Crippen LogP contribution in [0.2, 0.25) is 0 Å². The van der Waals surface area contributed by atoms with Gasteiger partial charge in [0.1, 0.15) is 23.0 Å². The molecule has 0 unspecified atom stereocenters. The van der Waals surface area contributed by atoms with Gasteiger partial charge in [-0.15, -0.1) is 12.4 Å². The summed E-state index contributed by atoms with van der Waals surface area (Å²) in [5, 5.41) is 4.18. The Bertz CT molecular complexity index is 955. The second-order valence-corrected chi connectivity index (χ2v) is 7.04. The second kappa shape index (κ2) is 9.29. The normalized spacial score (nSPS) is 14.5. The zero-order chi connectivity index (χ0) is 19.5. The van der Waals surface area contributed by atoms with E-state index in [0.29, 0.717) is 0 Å². The van der Waals surface area contributed by atoms with Crippen LogP contribution < -0.4 is 9.64 Å². The summed E-state index contributed by atoms with van der Waals surface area (Å²) >= 11 is 0.